The Balaban J connectivity index is 2.85. The number of esters is 1. The van der Waals surface area contributed by atoms with Gasteiger partial charge in [-0.1, -0.05) is 50.1 Å². The number of sulfonamides is 1. The largest absolute Gasteiger partial charge is 0.468 e. The first-order chi connectivity index (χ1) is 8.77. The van der Waals surface area contributed by atoms with Crippen LogP contribution in [0, 0.1) is 0 Å². The molecule has 0 heterocycles. The van der Waals surface area contributed by atoms with Gasteiger partial charge in [-0.2, -0.15) is 0 Å². The van der Waals surface area contributed by atoms with E-state index in [1.54, 1.807) is 28.7 Å². The Morgan fingerprint density at radius 2 is 2.21 bits per heavy atom. The summed E-state index contributed by atoms with van der Waals surface area (Å²) in [6.07, 6.45) is 0. The third kappa shape index (κ3) is 4.85. The molecule has 0 fully saturated rings. The van der Waals surface area contributed by atoms with Gasteiger partial charge in [0.2, 0.25) is 10.0 Å². The van der Waals surface area contributed by atoms with Crippen molar-refractivity contribution >= 4 is 66.1 Å². The lowest BCUT2D eigenvalue weighted by molar-refractivity contribution is -0.139. The molecule has 9 heteroatoms. The summed E-state index contributed by atoms with van der Waals surface area (Å²) < 4.78 is 30.9. The smallest absolute Gasteiger partial charge is 0.319 e. The van der Waals surface area contributed by atoms with Gasteiger partial charge < -0.3 is 4.74 Å². The summed E-state index contributed by atoms with van der Waals surface area (Å²) in [4.78, 5) is 11.1. The van der Waals surface area contributed by atoms with Gasteiger partial charge in [0, 0.05) is 11.0 Å². The van der Waals surface area contributed by atoms with E-state index in [9.17, 15) is 13.2 Å². The second kappa shape index (κ2) is 7.21. The minimum Gasteiger partial charge on any atom is -0.468 e. The highest BCUT2D eigenvalue weighted by Gasteiger charge is 2.22. The lowest BCUT2D eigenvalue weighted by Gasteiger charge is -2.11. The SMILES string of the molecule is COC(=O)C(I)CNS(=O)(=O)c1ccc(Br)cc1Cl. The number of hydrogen-bond donors (Lipinski definition) is 1. The first-order valence-electron chi connectivity index (χ1n) is 4.94. The van der Waals surface area contributed by atoms with Gasteiger partial charge in [-0.25, -0.2) is 13.1 Å². The van der Waals surface area contributed by atoms with Crippen LogP contribution in [0.15, 0.2) is 27.6 Å². The zero-order valence-corrected chi connectivity index (χ0v) is 15.0. The van der Waals surface area contributed by atoms with Crippen molar-refractivity contribution in [3.8, 4) is 0 Å². The molecule has 1 unspecified atom stereocenters. The second-order valence-electron chi connectivity index (χ2n) is 3.42. The number of benzene rings is 1. The van der Waals surface area contributed by atoms with Crippen molar-refractivity contribution in [2.45, 2.75) is 8.82 Å². The summed E-state index contributed by atoms with van der Waals surface area (Å²) in [5, 5.41) is 0.102. The van der Waals surface area contributed by atoms with Crippen molar-refractivity contribution in [1.29, 1.82) is 0 Å². The lowest BCUT2D eigenvalue weighted by Crippen LogP contribution is -2.34. The van der Waals surface area contributed by atoms with E-state index in [4.69, 9.17) is 11.6 Å². The van der Waals surface area contributed by atoms with Crippen molar-refractivity contribution in [2.24, 2.45) is 0 Å². The molecule has 0 saturated heterocycles. The van der Waals surface area contributed by atoms with E-state index in [1.807, 2.05) is 0 Å². The molecule has 0 aliphatic heterocycles. The minimum atomic E-state index is -3.76. The van der Waals surface area contributed by atoms with Crippen LogP contribution >= 0.6 is 50.1 Å². The molecule has 0 aliphatic rings. The second-order valence-corrected chi connectivity index (χ2v) is 7.98. The van der Waals surface area contributed by atoms with Crippen LogP contribution in [0.25, 0.3) is 0 Å². The van der Waals surface area contributed by atoms with Gasteiger partial charge in [-0.15, -0.1) is 0 Å². The molecular formula is C10H10BrClINO4S. The van der Waals surface area contributed by atoms with E-state index in [1.165, 1.54) is 19.2 Å². The van der Waals surface area contributed by atoms with E-state index in [-0.39, 0.29) is 16.5 Å². The third-order valence-corrected chi connectivity index (χ3v) is 5.44. The summed E-state index contributed by atoms with van der Waals surface area (Å²) in [5.41, 5.74) is 0. The van der Waals surface area contributed by atoms with E-state index in [2.05, 4.69) is 25.4 Å². The number of carbonyl (C=O) groups is 1. The number of carbonyl (C=O) groups excluding carboxylic acids is 1. The zero-order valence-electron chi connectivity index (χ0n) is 9.69. The standard InChI is InChI=1S/C10H10BrClINO4S/c1-18-10(15)8(13)5-14-19(16,17)9-3-2-6(11)4-7(9)12/h2-4,8,14H,5H2,1H3. The van der Waals surface area contributed by atoms with E-state index >= 15 is 0 Å². The topological polar surface area (TPSA) is 72.5 Å². The maximum Gasteiger partial charge on any atom is 0.319 e. The number of nitrogens with one attached hydrogen (secondary N) is 1. The number of rotatable bonds is 5. The van der Waals surface area contributed by atoms with Crippen molar-refractivity contribution in [3.63, 3.8) is 0 Å². The highest BCUT2D eigenvalue weighted by atomic mass is 127. The molecule has 0 spiro atoms. The molecule has 1 N–H and O–H groups in total. The van der Waals surface area contributed by atoms with Gasteiger partial charge in [-0.3, -0.25) is 4.79 Å². The molecule has 0 aliphatic carbocycles. The average molecular weight is 483 g/mol. The van der Waals surface area contributed by atoms with Crippen LogP contribution in [0.3, 0.4) is 0 Å². The Labute approximate surface area is 138 Å². The Hall–Kier alpha value is 0.1000. The highest BCUT2D eigenvalue weighted by molar-refractivity contribution is 14.1. The number of methoxy groups -OCH3 is 1. The Bertz CT molecular complexity index is 581. The number of alkyl halides is 1. The van der Waals surface area contributed by atoms with Crippen LogP contribution in [0.4, 0.5) is 0 Å². The van der Waals surface area contributed by atoms with Gasteiger partial charge in [0.1, 0.15) is 8.82 Å². The van der Waals surface area contributed by atoms with Crippen LogP contribution in [-0.4, -0.2) is 32.0 Å². The zero-order chi connectivity index (χ0) is 14.6. The van der Waals surface area contributed by atoms with E-state index < -0.39 is 19.9 Å². The van der Waals surface area contributed by atoms with E-state index in [0.717, 1.165) is 0 Å². The van der Waals surface area contributed by atoms with Crippen LogP contribution in [0.2, 0.25) is 5.02 Å². The average Bonchev–Trinajstić information content (AvgIpc) is 2.34. The monoisotopic (exact) mass is 481 g/mol. The molecule has 1 aromatic carbocycles. The summed E-state index contributed by atoms with van der Waals surface area (Å²) >= 11 is 10.9. The Morgan fingerprint density at radius 1 is 1.58 bits per heavy atom. The first kappa shape index (κ1) is 17.2. The van der Waals surface area contributed by atoms with Crippen molar-refractivity contribution in [2.75, 3.05) is 13.7 Å². The summed E-state index contributed by atoms with van der Waals surface area (Å²) in [6.45, 7) is -0.0675. The molecule has 19 heavy (non-hydrogen) atoms. The highest BCUT2D eigenvalue weighted by Crippen LogP contribution is 2.25. The van der Waals surface area contributed by atoms with Gasteiger partial charge in [0.15, 0.2) is 0 Å². The molecule has 1 aromatic rings. The van der Waals surface area contributed by atoms with E-state index in [0.29, 0.717) is 4.47 Å². The lowest BCUT2D eigenvalue weighted by atomic mass is 10.4. The Kier molecular flexibility index (Phi) is 6.51. The summed E-state index contributed by atoms with van der Waals surface area (Å²) in [7, 11) is -2.52. The molecule has 0 radical (unpaired) electrons. The minimum absolute atomic E-state index is 0.0363. The molecule has 0 amide bonds. The normalized spacial score (nSPS) is 13.1. The molecule has 1 atom stereocenters. The molecule has 0 aromatic heterocycles. The van der Waals surface area contributed by atoms with Crippen molar-refractivity contribution < 1.29 is 17.9 Å². The molecule has 106 valence electrons. The summed E-state index contributed by atoms with van der Waals surface area (Å²) in [5.74, 6) is -0.495. The predicted molar refractivity (Wildman–Crippen MR) is 84.2 cm³/mol. The number of ether oxygens (including phenoxy) is 1. The number of hydrogen-bond acceptors (Lipinski definition) is 4. The van der Waals surface area contributed by atoms with Gasteiger partial charge >= 0.3 is 5.97 Å². The number of halogens is 3. The van der Waals surface area contributed by atoms with Gasteiger partial charge in [-0.05, 0) is 18.2 Å². The quantitative estimate of drug-likeness (QED) is 0.397. The van der Waals surface area contributed by atoms with Crippen molar-refractivity contribution in [3.05, 3.63) is 27.7 Å². The fourth-order valence-electron chi connectivity index (χ4n) is 1.16. The maximum atomic E-state index is 12.0. The van der Waals surface area contributed by atoms with Crippen molar-refractivity contribution in [1.82, 2.24) is 4.72 Å². The molecule has 1 rings (SSSR count). The maximum absolute atomic E-state index is 12.0. The molecule has 5 nitrogen and oxygen atoms in total. The first-order valence-corrected chi connectivity index (χ1v) is 8.84. The van der Waals surface area contributed by atoms with Crippen LogP contribution in [-0.2, 0) is 19.6 Å². The van der Waals surface area contributed by atoms with Gasteiger partial charge in [0.05, 0.1) is 12.1 Å². The predicted octanol–water partition coefficient (Wildman–Crippen LogP) is 2.36. The molecular weight excluding hydrogens is 472 g/mol. The molecule has 0 bridgehead atoms. The third-order valence-electron chi connectivity index (χ3n) is 2.09. The van der Waals surface area contributed by atoms with Crippen LogP contribution < -0.4 is 4.72 Å². The van der Waals surface area contributed by atoms with Gasteiger partial charge in [0.25, 0.3) is 0 Å². The van der Waals surface area contributed by atoms with Crippen LogP contribution in [0.5, 0.6) is 0 Å². The molecule has 0 saturated carbocycles. The van der Waals surface area contributed by atoms with Crippen LogP contribution in [0.1, 0.15) is 0 Å². The Morgan fingerprint density at radius 3 is 2.74 bits per heavy atom. The fourth-order valence-corrected chi connectivity index (χ4v) is 4.02. The fraction of sp³-hybridized carbons (Fsp3) is 0.300. The summed E-state index contributed by atoms with van der Waals surface area (Å²) in [6, 6.07) is 4.44.